The van der Waals surface area contributed by atoms with E-state index in [1.165, 1.54) is 29.2 Å². The first-order valence-electron chi connectivity index (χ1n) is 6.76. The molecule has 0 aromatic heterocycles. The van der Waals surface area contributed by atoms with E-state index in [9.17, 15) is 19.1 Å². The molecule has 21 heavy (non-hydrogen) atoms. The fourth-order valence-electron chi connectivity index (χ4n) is 2.00. The number of halogens is 1. The van der Waals surface area contributed by atoms with Gasteiger partial charge in [0.05, 0.1) is 18.9 Å². The number of aliphatic carboxylic acids is 1. The molecule has 1 atom stereocenters. The number of carboxylic acid groups (broad SMARTS) is 1. The highest BCUT2D eigenvalue weighted by Gasteiger charge is 2.21. The summed E-state index contributed by atoms with van der Waals surface area (Å²) in [7, 11) is 0. The second-order valence-electron chi connectivity index (χ2n) is 5.10. The van der Waals surface area contributed by atoms with Crippen LogP contribution in [0.3, 0.4) is 0 Å². The quantitative estimate of drug-likeness (QED) is 0.806. The summed E-state index contributed by atoms with van der Waals surface area (Å²) in [6, 6.07) is 5.26. The fraction of sp³-hybridized carbons (Fsp3) is 0.467. The molecule has 1 aromatic carbocycles. The minimum atomic E-state index is -1.11. The molecular formula is C15H20FNO4. The summed E-state index contributed by atoms with van der Waals surface area (Å²) < 4.78 is 13.1. The first kappa shape index (κ1) is 17.1. The van der Waals surface area contributed by atoms with Crippen LogP contribution in [-0.4, -0.2) is 39.6 Å². The van der Waals surface area contributed by atoms with Gasteiger partial charge in [-0.2, -0.15) is 0 Å². The van der Waals surface area contributed by atoms with Crippen LogP contribution in [0.4, 0.5) is 4.39 Å². The zero-order valence-corrected chi connectivity index (χ0v) is 12.1. The lowest BCUT2D eigenvalue weighted by Crippen LogP contribution is -2.39. The van der Waals surface area contributed by atoms with Crippen LogP contribution in [0.2, 0.25) is 0 Å². The number of aliphatic hydroxyl groups is 1. The molecule has 0 saturated heterocycles. The summed E-state index contributed by atoms with van der Waals surface area (Å²) in [5.41, 5.74) is 0.324. The highest BCUT2D eigenvalue weighted by Crippen LogP contribution is 2.19. The highest BCUT2D eigenvalue weighted by atomic mass is 19.1. The summed E-state index contributed by atoms with van der Waals surface area (Å²) >= 11 is 0. The molecule has 0 saturated carbocycles. The number of carboxylic acids is 1. The number of carbonyl (C=O) groups is 2. The van der Waals surface area contributed by atoms with Crippen molar-refractivity contribution in [2.24, 2.45) is 0 Å². The van der Waals surface area contributed by atoms with E-state index in [-0.39, 0.29) is 31.3 Å². The fourth-order valence-corrected chi connectivity index (χ4v) is 2.00. The van der Waals surface area contributed by atoms with Gasteiger partial charge < -0.3 is 15.1 Å². The Balaban J connectivity index is 2.70. The van der Waals surface area contributed by atoms with Gasteiger partial charge in [-0.05, 0) is 31.5 Å². The highest BCUT2D eigenvalue weighted by molar-refractivity contribution is 5.78. The Morgan fingerprint density at radius 1 is 1.33 bits per heavy atom. The molecule has 0 aliphatic carbocycles. The van der Waals surface area contributed by atoms with Gasteiger partial charge in [0, 0.05) is 12.6 Å². The molecule has 6 heteroatoms. The third-order valence-corrected chi connectivity index (χ3v) is 3.11. The molecule has 116 valence electrons. The topological polar surface area (TPSA) is 77.8 Å². The zero-order valence-electron chi connectivity index (χ0n) is 12.1. The Kier molecular flexibility index (Phi) is 6.30. The molecule has 0 aliphatic heterocycles. The third-order valence-electron chi connectivity index (χ3n) is 3.11. The van der Waals surface area contributed by atoms with E-state index in [0.29, 0.717) is 5.56 Å². The van der Waals surface area contributed by atoms with Crippen molar-refractivity contribution < 1.29 is 24.2 Å². The maximum atomic E-state index is 13.1. The summed E-state index contributed by atoms with van der Waals surface area (Å²) in [4.78, 5) is 24.1. The normalized spacial score (nSPS) is 12.2. The molecule has 0 fully saturated rings. The van der Waals surface area contributed by atoms with Crippen LogP contribution in [0.1, 0.15) is 38.4 Å². The Labute approximate surface area is 123 Å². The van der Waals surface area contributed by atoms with Gasteiger partial charge in [0.15, 0.2) is 0 Å². The maximum absolute atomic E-state index is 13.1. The van der Waals surface area contributed by atoms with Crippen LogP contribution >= 0.6 is 0 Å². The van der Waals surface area contributed by atoms with Crippen LogP contribution < -0.4 is 0 Å². The van der Waals surface area contributed by atoms with Gasteiger partial charge in [0.2, 0.25) is 5.91 Å². The summed E-state index contributed by atoms with van der Waals surface area (Å²) in [6.07, 6.45) is -1.47. The zero-order chi connectivity index (χ0) is 16.0. The number of carbonyl (C=O) groups excluding carboxylic acids is 1. The monoisotopic (exact) mass is 297 g/mol. The van der Waals surface area contributed by atoms with Crippen LogP contribution in [0.15, 0.2) is 24.3 Å². The number of hydrogen-bond acceptors (Lipinski definition) is 3. The van der Waals surface area contributed by atoms with E-state index >= 15 is 0 Å². The van der Waals surface area contributed by atoms with Crippen molar-refractivity contribution in [3.8, 4) is 0 Å². The standard InChI is InChI=1S/C15H20FNO4/c1-10(2)17(7-6-15(20)21)14(19)9-13(18)11-4-3-5-12(16)8-11/h3-5,8,10,13,18H,6-7,9H2,1-2H3,(H,20,21). The van der Waals surface area contributed by atoms with E-state index in [0.717, 1.165) is 0 Å². The maximum Gasteiger partial charge on any atom is 0.305 e. The molecule has 0 heterocycles. The second-order valence-corrected chi connectivity index (χ2v) is 5.10. The number of amides is 1. The smallest absolute Gasteiger partial charge is 0.305 e. The third kappa shape index (κ3) is 5.51. The minimum Gasteiger partial charge on any atom is -0.481 e. The SMILES string of the molecule is CC(C)N(CCC(=O)O)C(=O)CC(O)c1cccc(F)c1. The van der Waals surface area contributed by atoms with Gasteiger partial charge >= 0.3 is 5.97 Å². The molecule has 0 spiro atoms. The van der Waals surface area contributed by atoms with Crippen molar-refractivity contribution in [1.29, 1.82) is 0 Å². The number of aliphatic hydroxyl groups excluding tert-OH is 1. The lowest BCUT2D eigenvalue weighted by molar-refractivity contribution is -0.139. The molecule has 1 amide bonds. The first-order chi connectivity index (χ1) is 9.81. The van der Waals surface area contributed by atoms with E-state index in [4.69, 9.17) is 5.11 Å². The lowest BCUT2D eigenvalue weighted by Gasteiger charge is -2.27. The molecule has 1 rings (SSSR count). The lowest BCUT2D eigenvalue weighted by atomic mass is 10.1. The van der Waals surface area contributed by atoms with Crippen molar-refractivity contribution in [3.05, 3.63) is 35.6 Å². The Morgan fingerprint density at radius 3 is 2.52 bits per heavy atom. The summed E-state index contributed by atoms with van der Waals surface area (Å²) in [5.74, 6) is -1.83. The predicted molar refractivity (Wildman–Crippen MR) is 75.1 cm³/mol. The molecule has 0 bridgehead atoms. The number of nitrogens with zero attached hydrogens (tertiary/aromatic N) is 1. The molecule has 1 aromatic rings. The number of rotatable bonds is 7. The Bertz CT molecular complexity index is 504. The second kappa shape index (κ2) is 7.73. The van der Waals surface area contributed by atoms with Crippen LogP contribution in [0.5, 0.6) is 0 Å². The Hall–Kier alpha value is -1.95. The average molecular weight is 297 g/mol. The van der Waals surface area contributed by atoms with Gasteiger partial charge in [0.25, 0.3) is 0 Å². The van der Waals surface area contributed by atoms with Crippen molar-refractivity contribution in [2.75, 3.05) is 6.54 Å². The molecule has 0 radical (unpaired) electrons. The molecule has 1 unspecified atom stereocenters. The van der Waals surface area contributed by atoms with Gasteiger partial charge in [-0.15, -0.1) is 0 Å². The molecule has 5 nitrogen and oxygen atoms in total. The van der Waals surface area contributed by atoms with E-state index in [2.05, 4.69) is 0 Å². The van der Waals surface area contributed by atoms with Crippen molar-refractivity contribution >= 4 is 11.9 Å². The van der Waals surface area contributed by atoms with Crippen LogP contribution in [0, 0.1) is 5.82 Å². The van der Waals surface area contributed by atoms with Crippen LogP contribution in [-0.2, 0) is 9.59 Å². The van der Waals surface area contributed by atoms with Gasteiger partial charge in [-0.25, -0.2) is 4.39 Å². The molecular weight excluding hydrogens is 277 g/mol. The minimum absolute atomic E-state index is 0.0850. The Morgan fingerprint density at radius 2 is 2.00 bits per heavy atom. The van der Waals surface area contributed by atoms with E-state index in [1.807, 2.05) is 0 Å². The first-order valence-corrected chi connectivity index (χ1v) is 6.76. The van der Waals surface area contributed by atoms with E-state index < -0.39 is 17.9 Å². The largest absolute Gasteiger partial charge is 0.481 e. The number of hydrogen-bond donors (Lipinski definition) is 2. The molecule has 0 aliphatic rings. The van der Waals surface area contributed by atoms with Gasteiger partial charge in [0.1, 0.15) is 5.82 Å². The summed E-state index contributed by atoms with van der Waals surface area (Å²) in [6.45, 7) is 3.63. The van der Waals surface area contributed by atoms with Crippen molar-refractivity contribution in [2.45, 2.75) is 38.8 Å². The van der Waals surface area contributed by atoms with Crippen molar-refractivity contribution in [1.82, 2.24) is 4.90 Å². The van der Waals surface area contributed by atoms with Crippen molar-refractivity contribution in [3.63, 3.8) is 0 Å². The van der Waals surface area contributed by atoms with Crippen LogP contribution in [0.25, 0.3) is 0 Å². The molecule has 2 N–H and O–H groups in total. The number of benzene rings is 1. The summed E-state index contributed by atoms with van der Waals surface area (Å²) in [5, 5.41) is 18.7. The van der Waals surface area contributed by atoms with Gasteiger partial charge in [-0.1, -0.05) is 12.1 Å². The van der Waals surface area contributed by atoms with E-state index in [1.54, 1.807) is 13.8 Å². The average Bonchev–Trinajstić information content (AvgIpc) is 2.37. The van der Waals surface area contributed by atoms with Gasteiger partial charge in [-0.3, -0.25) is 9.59 Å². The predicted octanol–water partition coefficient (Wildman–Crippen LogP) is 1.96.